The minimum Gasteiger partial charge on any atom is -0.484 e. The van der Waals surface area contributed by atoms with E-state index in [9.17, 15) is 0 Å². The van der Waals surface area contributed by atoms with Crippen LogP contribution in [0.1, 0.15) is 50.0 Å². The molecule has 0 saturated heterocycles. The Hall–Kier alpha value is -2.39. The minimum absolute atomic E-state index is 0.194. The maximum atomic E-state index is 8.76. The Labute approximate surface area is 141 Å². The van der Waals surface area contributed by atoms with E-state index < -0.39 is 0 Å². The van der Waals surface area contributed by atoms with Crippen LogP contribution in [0.25, 0.3) is 0 Å². The fourth-order valence-electron chi connectivity index (χ4n) is 2.89. The molecule has 0 radical (unpaired) electrons. The number of ether oxygens (including phenoxy) is 2. The van der Waals surface area contributed by atoms with Crippen LogP contribution in [0.15, 0.2) is 28.7 Å². The standard InChI is InChI=1S/C18H21N3O3/c1-13-3-2-4-16(9-13)23-12-18-21-20-17(24-18)11-22-15-7-5-14(10-19)6-8-15/h5-8,13,16H,2-4,9,11-12H2,1H3. The Kier molecular flexibility index (Phi) is 5.44. The fourth-order valence-corrected chi connectivity index (χ4v) is 2.89. The lowest BCUT2D eigenvalue weighted by Gasteiger charge is -2.26. The zero-order valence-electron chi connectivity index (χ0n) is 13.8. The summed E-state index contributed by atoms with van der Waals surface area (Å²) in [4.78, 5) is 0. The first-order chi connectivity index (χ1) is 11.7. The van der Waals surface area contributed by atoms with Crippen molar-refractivity contribution in [2.24, 2.45) is 5.92 Å². The molecule has 1 aliphatic rings. The van der Waals surface area contributed by atoms with E-state index in [2.05, 4.69) is 23.2 Å². The molecule has 1 saturated carbocycles. The van der Waals surface area contributed by atoms with Crippen LogP contribution in [0.3, 0.4) is 0 Å². The lowest BCUT2D eigenvalue weighted by molar-refractivity contribution is -0.00519. The van der Waals surface area contributed by atoms with Crippen molar-refractivity contribution >= 4 is 0 Å². The maximum absolute atomic E-state index is 8.76. The molecule has 0 N–H and O–H groups in total. The predicted octanol–water partition coefficient (Wildman–Crippen LogP) is 3.62. The molecule has 1 aromatic carbocycles. The molecule has 2 atom stereocenters. The number of benzene rings is 1. The summed E-state index contributed by atoms with van der Waals surface area (Å²) in [5.41, 5.74) is 0.594. The molecule has 0 bridgehead atoms. The van der Waals surface area contributed by atoms with Gasteiger partial charge < -0.3 is 13.9 Å². The summed E-state index contributed by atoms with van der Waals surface area (Å²) in [6, 6.07) is 8.95. The molecule has 126 valence electrons. The van der Waals surface area contributed by atoms with Crippen molar-refractivity contribution in [3.8, 4) is 11.8 Å². The van der Waals surface area contributed by atoms with E-state index in [-0.39, 0.29) is 6.61 Å². The fraction of sp³-hybridized carbons (Fsp3) is 0.500. The first kappa shape index (κ1) is 16.5. The van der Waals surface area contributed by atoms with Gasteiger partial charge in [-0.25, -0.2) is 0 Å². The van der Waals surface area contributed by atoms with Gasteiger partial charge in [-0.2, -0.15) is 5.26 Å². The highest BCUT2D eigenvalue weighted by atomic mass is 16.5. The van der Waals surface area contributed by atoms with Gasteiger partial charge >= 0.3 is 0 Å². The monoisotopic (exact) mass is 327 g/mol. The zero-order valence-corrected chi connectivity index (χ0v) is 13.8. The average Bonchev–Trinajstić information content (AvgIpc) is 3.07. The van der Waals surface area contributed by atoms with E-state index in [1.807, 2.05) is 0 Å². The van der Waals surface area contributed by atoms with Crippen LogP contribution in [0.2, 0.25) is 0 Å². The summed E-state index contributed by atoms with van der Waals surface area (Å²) in [5.74, 6) is 2.27. The zero-order chi connectivity index (χ0) is 16.8. The molecule has 2 aromatic rings. The number of hydrogen-bond donors (Lipinski definition) is 0. The van der Waals surface area contributed by atoms with Crippen molar-refractivity contribution in [1.29, 1.82) is 5.26 Å². The van der Waals surface area contributed by atoms with Crippen LogP contribution < -0.4 is 4.74 Å². The molecular formula is C18H21N3O3. The third kappa shape index (κ3) is 4.56. The number of nitriles is 1. The van der Waals surface area contributed by atoms with Gasteiger partial charge in [0.05, 0.1) is 17.7 Å². The van der Waals surface area contributed by atoms with E-state index >= 15 is 0 Å². The summed E-state index contributed by atoms with van der Waals surface area (Å²) in [5, 5.41) is 16.7. The van der Waals surface area contributed by atoms with Crippen LogP contribution >= 0.6 is 0 Å². The Morgan fingerprint density at radius 3 is 2.62 bits per heavy atom. The van der Waals surface area contributed by atoms with Crippen LogP contribution in [0.5, 0.6) is 5.75 Å². The second-order valence-corrected chi connectivity index (χ2v) is 6.22. The van der Waals surface area contributed by atoms with Crippen molar-refractivity contribution in [1.82, 2.24) is 10.2 Å². The van der Waals surface area contributed by atoms with Crippen LogP contribution in [-0.2, 0) is 18.0 Å². The van der Waals surface area contributed by atoms with E-state index in [0.717, 1.165) is 18.8 Å². The number of aromatic nitrogens is 2. The third-order valence-corrected chi connectivity index (χ3v) is 4.19. The number of nitrogens with zero attached hydrogens (tertiary/aromatic N) is 3. The Bertz CT molecular complexity index is 690. The molecule has 2 unspecified atom stereocenters. The van der Waals surface area contributed by atoms with E-state index in [1.54, 1.807) is 24.3 Å². The Morgan fingerprint density at radius 1 is 1.17 bits per heavy atom. The SMILES string of the molecule is CC1CCCC(OCc2nnc(COc3ccc(C#N)cc3)o2)C1. The van der Waals surface area contributed by atoms with Crippen molar-refractivity contribution in [3.63, 3.8) is 0 Å². The number of rotatable bonds is 6. The van der Waals surface area contributed by atoms with Crippen LogP contribution in [0.4, 0.5) is 0 Å². The third-order valence-electron chi connectivity index (χ3n) is 4.19. The summed E-state index contributed by atoms with van der Waals surface area (Å²) in [6.45, 7) is 2.81. The first-order valence-corrected chi connectivity index (χ1v) is 8.29. The minimum atomic E-state index is 0.194. The van der Waals surface area contributed by atoms with Crippen molar-refractivity contribution in [3.05, 3.63) is 41.6 Å². The molecule has 0 aliphatic heterocycles. The molecule has 1 aliphatic carbocycles. The lowest BCUT2D eigenvalue weighted by Crippen LogP contribution is -2.21. The molecular weight excluding hydrogens is 306 g/mol. The van der Waals surface area contributed by atoms with Crippen LogP contribution in [0, 0.1) is 17.2 Å². The maximum Gasteiger partial charge on any atom is 0.253 e. The molecule has 6 nitrogen and oxygen atoms in total. The summed E-state index contributed by atoms with van der Waals surface area (Å²) in [7, 11) is 0. The second-order valence-electron chi connectivity index (χ2n) is 6.22. The molecule has 1 heterocycles. The molecule has 1 fully saturated rings. The van der Waals surface area contributed by atoms with Gasteiger partial charge in [-0.05, 0) is 43.0 Å². The molecule has 24 heavy (non-hydrogen) atoms. The van der Waals surface area contributed by atoms with Gasteiger partial charge in [0, 0.05) is 0 Å². The van der Waals surface area contributed by atoms with Crippen molar-refractivity contribution < 1.29 is 13.9 Å². The largest absolute Gasteiger partial charge is 0.484 e. The molecule has 0 amide bonds. The summed E-state index contributed by atoms with van der Waals surface area (Å²) < 4.78 is 17.0. The Balaban J connectivity index is 1.45. The molecule has 6 heteroatoms. The molecule has 3 rings (SSSR count). The normalized spacial score (nSPS) is 20.5. The van der Waals surface area contributed by atoms with Gasteiger partial charge in [0.25, 0.3) is 5.89 Å². The van der Waals surface area contributed by atoms with Crippen molar-refractivity contribution in [2.45, 2.75) is 51.9 Å². The van der Waals surface area contributed by atoms with Gasteiger partial charge in [-0.15, -0.1) is 10.2 Å². The average molecular weight is 327 g/mol. The van der Waals surface area contributed by atoms with Gasteiger partial charge in [-0.3, -0.25) is 0 Å². The Morgan fingerprint density at radius 2 is 1.92 bits per heavy atom. The second kappa shape index (κ2) is 7.93. The van der Waals surface area contributed by atoms with Crippen LogP contribution in [-0.4, -0.2) is 16.3 Å². The molecule has 1 aromatic heterocycles. The first-order valence-electron chi connectivity index (χ1n) is 8.29. The van der Waals surface area contributed by atoms with E-state index in [0.29, 0.717) is 35.8 Å². The summed E-state index contributed by atoms with van der Waals surface area (Å²) >= 11 is 0. The smallest absolute Gasteiger partial charge is 0.253 e. The number of hydrogen-bond acceptors (Lipinski definition) is 6. The van der Waals surface area contributed by atoms with Gasteiger partial charge in [-0.1, -0.05) is 19.8 Å². The predicted molar refractivity (Wildman–Crippen MR) is 86.0 cm³/mol. The van der Waals surface area contributed by atoms with Crippen molar-refractivity contribution in [2.75, 3.05) is 0 Å². The van der Waals surface area contributed by atoms with Gasteiger partial charge in [0.1, 0.15) is 12.4 Å². The topological polar surface area (TPSA) is 81.2 Å². The lowest BCUT2D eigenvalue weighted by atomic mass is 9.89. The highest BCUT2D eigenvalue weighted by molar-refractivity contribution is 5.34. The van der Waals surface area contributed by atoms with E-state index in [1.165, 1.54) is 12.8 Å². The molecule has 0 spiro atoms. The quantitative estimate of drug-likeness (QED) is 0.806. The highest BCUT2D eigenvalue weighted by Gasteiger charge is 2.20. The van der Waals surface area contributed by atoms with E-state index in [4.69, 9.17) is 19.2 Å². The highest BCUT2D eigenvalue weighted by Crippen LogP contribution is 2.26. The van der Waals surface area contributed by atoms with Gasteiger partial charge in [0.2, 0.25) is 5.89 Å². The van der Waals surface area contributed by atoms with Gasteiger partial charge in [0.15, 0.2) is 6.61 Å². The summed E-state index contributed by atoms with van der Waals surface area (Å²) in [6.07, 6.45) is 5.01.